The number of carbonyl (C=O) groups excluding carboxylic acids is 2. The monoisotopic (exact) mass is 414 g/mol. The molecule has 2 aromatic carbocycles. The normalized spacial score (nSPS) is 10.5. The Morgan fingerprint density at radius 3 is 2.61 bits per heavy atom. The van der Waals surface area contributed by atoms with Gasteiger partial charge in [0.05, 0.1) is 10.7 Å². The summed E-state index contributed by atoms with van der Waals surface area (Å²) >= 11 is 7.44. The summed E-state index contributed by atoms with van der Waals surface area (Å²) in [7, 11) is 0. The van der Waals surface area contributed by atoms with E-state index in [1.807, 2.05) is 37.3 Å². The van der Waals surface area contributed by atoms with E-state index < -0.39 is 18.5 Å². The van der Waals surface area contributed by atoms with Gasteiger partial charge in [0.2, 0.25) is 0 Å². The van der Waals surface area contributed by atoms with Crippen molar-refractivity contribution < 1.29 is 14.3 Å². The Balaban J connectivity index is 1.57. The van der Waals surface area contributed by atoms with Gasteiger partial charge in [0, 0.05) is 10.9 Å². The van der Waals surface area contributed by atoms with Crippen molar-refractivity contribution in [2.75, 3.05) is 11.9 Å². The first kappa shape index (κ1) is 20.0. The number of hydrogen-bond donors (Lipinski definition) is 1. The fraction of sp³-hybridized carbons (Fsp3) is 0.190. The van der Waals surface area contributed by atoms with Crippen molar-refractivity contribution >= 4 is 40.5 Å². The molecule has 5 nitrogen and oxygen atoms in total. The van der Waals surface area contributed by atoms with Crippen LogP contribution in [0.15, 0.2) is 47.8 Å². The van der Waals surface area contributed by atoms with Gasteiger partial charge in [-0.2, -0.15) is 0 Å². The van der Waals surface area contributed by atoms with Crippen LogP contribution < -0.4 is 5.32 Å². The number of esters is 1. The van der Waals surface area contributed by atoms with Gasteiger partial charge >= 0.3 is 5.97 Å². The molecular weight excluding hydrogens is 396 g/mol. The van der Waals surface area contributed by atoms with Gasteiger partial charge < -0.3 is 10.1 Å². The molecule has 1 aromatic heterocycles. The summed E-state index contributed by atoms with van der Waals surface area (Å²) in [5, 5.41) is 5.40. The van der Waals surface area contributed by atoms with Gasteiger partial charge in [-0.3, -0.25) is 4.79 Å². The SMILES string of the molecule is CCc1ccc(-c2nc(C(=O)OCC(=O)Nc3ccc(C)cc3Cl)cs2)cc1. The molecule has 0 aliphatic heterocycles. The predicted octanol–water partition coefficient (Wildman–Crippen LogP) is 5.13. The molecule has 144 valence electrons. The lowest BCUT2D eigenvalue weighted by Crippen LogP contribution is -2.21. The zero-order valence-electron chi connectivity index (χ0n) is 15.5. The highest BCUT2D eigenvalue weighted by Gasteiger charge is 2.15. The molecular formula is C21H19ClN2O3S. The maximum atomic E-state index is 12.2. The van der Waals surface area contributed by atoms with Crippen molar-refractivity contribution in [1.82, 2.24) is 4.98 Å². The Hall–Kier alpha value is -2.70. The molecule has 28 heavy (non-hydrogen) atoms. The summed E-state index contributed by atoms with van der Waals surface area (Å²) in [5.74, 6) is -1.11. The number of aromatic nitrogens is 1. The molecule has 1 amide bonds. The van der Waals surface area contributed by atoms with Crippen molar-refractivity contribution in [2.24, 2.45) is 0 Å². The van der Waals surface area contributed by atoms with E-state index in [9.17, 15) is 9.59 Å². The Kier molecular flexibility index (Phi) is 6.44. The van der Waals surface area contributed by atoms with Gasteiger partial charge in [-0.05, 0) is 36.6 Å². The van der Waals surface area contributed by atoms with Gasteiger partial charge in [0.25, 0.3) is 5.91 Å². The third-order valence-electron chi connectivity index (χ3n) is 4.06. The van der Waals surface area contributed by atoms with E-state index in [1.165, 1.54) is 16.9 Å². The summed E-state index contributed by atoms with van der Waals surface area (Å²) < 4.78 is 5.06. The number of hydrogen-bond acceptors (Lipinski definition) is 5. The molecule has 0 atom stereocenters. The first-order valence-corrected chi connectivity index (χ1v) is 10.00. The van der Waals surface area contributed by atoms with Gasteiger partial charge in [0.1, 0.15) is 5.01 Å². The average molecular weight is 415 g/mol. The number of carbonyl (C=O) groups is 2. The highest BCUT2D eigenvalue weighted by atomic mass is 35.5. The number of rotatable bonds is 6. The quantitative estimate of drug-likeness (QED) is 0.568. The van der Waals surface area contributed by atoms with Crippen LogP contribution in [0, 0.1) is 6.92 Å². The molecule has 0 saturated heterocycles. The summed E-state index contributed by atoms with van der Waals surface area (Å²) in [6.45, 7) is 3.58. The Morgan fingerprint density at radius 1 is 1.18 bits per heavy atom. The van der Waals surface area contributed by atoms with Crippen LogP contribution in [0.5, 0.6) is 0 Å². The van der Waals surface area contributed by atoms with E-state index in [2.05, 4.69) is 17.2 Å². The summed E-state index contributed by atoms with van der Waals surface area (Å²) in [6, 6.07) is 13.3. The lowest BCUT2D eigenvalue weighted by Gasteiger charge is -2.08. The predicted molar refractivity (Wildman–Crippen MR) is 112 cm³/mol. The van der Waals surface area contributed by atoms with Crippen molar-refractivity contribution in [3.8, 4) is 10.6 Å². The number of nitrogens with zero attached hydrogens (tertiary/aromatic N) is 1. The second-order valence-corrected chi connectivity index (χ2v) is 7.46. The lowest BCUT2D eigenvalue weighted by molar-refractivity contribution is -0.119. The fourth-order valence-corrected chi connectivity index (χ4v) is 3.57. The third kappa shape index (κ3) is 4.97. The zero-order chi connectivity index (χ0) is 20.1. The largest absolute Gasteiger partial charge is 0.451 e. The molecule has 0 spiro atoms. The number of halogens is 1. The van der Waals surface area contributed by atoms with E-state index in [4.69, 9.17) is 16.3 Å². The number of amides is 1. The van der Waals surface area contributed by atoms with E-state index in [-0.39, 0.29) is 5.69 Å². The van der Waals surface area contributed by atoms with E-state index >= 15 is 0 Å². The van der Waals surface area contributed by atoms with E-state index in [0.29, 0.717) is 10.7 Å². The molecule has 0 saturated carbocycles. The van der Waals surface area contributed by atoms with Crippen molar-refractivity contribution in [3.05, 3.63) is 69.7 Å². The first-order valence-electron chi connectivity index (χ1n) is 8.74. The van der Waals surface area contributed by atoms with Crippen LogP contribution in [0.4, 0.5) is 5.69 Å². The molecule has 7 heteroatoms. The average Bonchev–Trinajstić information content (AvgIpc) is 3.19. The van der Waals surface area contributed by atoms with Gasteiger partial charge in [0.15, 0.2) is 12.3 Å². The summed E-state index contributed by atoms with van der Waals surface area (Å²) in [6.07, 6.45) is 0.964. The highest BCUT2D eigenvalue weighted by Crippen LogP contribution is 2.25. The third-order valence-corrected chi connectivity index (χ3v) is 5.26. The van der Waals surface area contributed by atoms with Crippen LogP contribution in [0.2, 0.25) is 5.02 Å². The van der Waals surface area contributed by atoms with Crippen molar-refractivity contribution in [3.63, 3.8) is 0 Å². The molecule has 1 N–H and O–H groups in total. The Morgan fingerprint density at radius 2 is 1.93 bits per heavy atom. The molecule has 0 radical (unpaired) electrons. The molecule has 0 unspecified atom stereocenters. The van der Waals surface area contributed by atoms with Crippen molar-refractivity contribution in [1.29, 1.82) is 0 Å². The second kappa shape index (κ2) is 8.99. The number of benzene rings is 2. The number of anilines is 1. The fourth-order valence-electron chi connectivity index (χ4n) is 2.50. The smallest absolute Gasteiger partial charge is 0.358 e. The molecule has 0 aliphatic carbocycles. The number of nitrogens with one attached hydrogen (secondary N) is 1. The zero-order valence-corrected chi connectivity index (χ0v) is 17.1. The molecule has 3 rings (SSSR count). The minimum atomic E-state index is -0.641. The molecule has 0 aliphatic rings. The maximum absolute atomic E-state index is 12.2. The standard InChI is InChI=1S/C21H19ClN2O3S/c1-3-14-5-7-15(8-6-14)20-24-18(12-28-20)21(26)27-11-19(25)23-17-9-4-13(2)10-16(17)22/h4-10,12H,3,11H2,1-2H3,(H,23,25). The highest BCUT2D eigenvalue weighted by molar-refractivity contribution is 7.13. The molecule has 1 heterocycles. The van der Waals surface area contributed by atoms with Gasteiger partial charge in [-0.25, -0.2) is 9.78 Å². The van der Waals surface area contributed by atoms with Crippen LogP contribution in [-0.2, 0) is 16.0 Å². The van der Waals surface area contributed by atoms with Crippen LogP contribution in [0.1, 0.15) is 28.5 Å². The minimum absolute atomic E-state index is 0.181. The van der Waals surface area contributed by atoms with Gasteiger partial charge in [-0.15, -0.1) is 11.3 Å². The first-order chi connectivity index (χ1) is 13.5. The number of aryl methyl sites for hydroxylation is 2. The summed E-state index contributed by atoms with van der Waals surface area (Å²) in [5.41, 5.74) is 3.81. The maximum Gasteiger partial charge on any atom is 0.358 e. The Bertz CT molecular complexity index is 999. The van der Waals surface area contributed by atoms with Crippen LogP contribution in [-0.4, -0.2) is 23.5 Å². The summed E-state index contributed by atoms with van der Waals surface area (Å²) in [4.78, 5) is 28.5. The molecule has 0 fully saturated rings. The molecule has 3 aromatic rings. The van der Waals surface area contributed by atoms with E-state index in [1.54, 1.807) is 17.5 Å². The van der Waals surface area contributed by atoms with Crippen LogP contribution in [0.25, 0.3) is 10.6 Å². The van der Waals surface area contributed by atoms with Gasteiger partial charge in [-0.1, -0.05) is 48.9 Å². The van der Waals surface area contributed by atoms with E-state index in [0.717, 1.165) is 22.6 Å². The number of ether oxygens (including phenoxy) is 1. The van der Waals surface area contributed by atoms with Crippen molar-refractivity contribution in [2.45, 2.75) is 20.3 Å². The van der Waals surface area contributed by atoms with Crippen LogP contribution in [0.3, 0.4) is 0 Å². The van der Waals surface area contributed by atoms with Crippen LogP contribution >= 0.6 is 22.9 Å². The second-order valence-electron chi connectivity index (χ2n) is 6.20. The minimum Gasteiger partial charge on any atom is -0.451 e. The topological polar surface area (TPSA) is 68.3 Å². The number of thiazole rings is 1. The lowest BCUT2D eigenvalue weighted by atomic mass is 10.1. The molecule has 0 bridgehead atoms. The Labute approximate surface area is 172 Å².